The predicted molar refractivity (Wildman–Crippen MR) is 159 cm³/mol. The summed E-state index contributed by atoms with van der Waals surface area (Å²) in [6.07, 6.45) is 2.06. The van der Waals surface area contributed by atoms with E-state index < -0.39 is 23.5 Å². The van der Waals surface area contributed by atoms with Crippen molar-refractivity contribution in [3.05, 3.63) is 11.1 Å². The van der Waals surface area contributed by atoms with Gasteiger partial charge in [-0.3, -0.25) is 14.4 Å². The topological polar surface area (TPSA) is 72.5 Å². The third-order valence-corrected chi connectivity index (χ3v) is 14.0. The van der Waals surface area contributed by atoms with Crippen LogP contribution in [0.2, 0.25) is 0 Å². The quantitative estimate of drug-likeness (QED) is 0.329. The van der Waals surface area contributed by atoms with Gasteiger partial charge in [0.15, 0.2) is 5.78 Å². The number of ketones is 1. The Morgan fingerprint density at radius 1 is 0.884 bits per heavy atom. The molecule has 5 nitrogen and oxygen atoms in total. The fourth-order valence-corrected chi connectivity index (χ4v) is 11.7. The van der Waals surface area contributed by atoms with Gasteiger partial charge in [-0.15, -0.1) is 0 Å². The molecule has 242 valence electrons. The lowest BCUT2D eigenvalue weighted by molar-refractivity contribution is -0.232. The van der Waals surface area contributed by atoms with Crippen molar-refractivity contribution in [2.75, 3.05) is 0 Å². The Morgan fingerprint density at radius 3 is 2.12 bits per heavy atom. The van der Waals surface area contributed by atoms with Gasteiger partial charge in [0.25, 0.3) is 0 Å². The van der Waals surface area contributed by atoms with E-state index in [2.05, 4.69) is 39.9 Å². The highest BCUT2D eigenvalue weighted by Gasteiger charge is 2.71. The molecule has 5 aliphatic carbocycles. The first kappa shape index (κ1) is 32.5. The molecule has 0 heterocycles. The highest BCUT2D eigenvalue weighted by molar-refractivity contribution is 6.07. The van der Waals surface area contributed by atoms with Crippen LogP contribution in [0.3, 0.4) is 0 Å². The highest BCUT2D eigenvalue weighted by atomic mass is 19.4. The number of alkyl halides is 3. The van der Waals surface area contributed by atoms with E-state index in [4.69, 9.17) is 4.74 Å². The van der Waals surface area contributed by atoms with Crippen molar-refractivity contribution >= 4 is 17.7 Å². The molecule has 1 unspecified atom stereocenters. The first-order chi connectivity index (χ1) is 19.7. The third kappa shape index (κ3) is 4.48. The molecular weight excluding hydrogens is 555 g/mol. The lowest BCUT2D eigenvalue weighted by atomic mass is 9.33. The summed E-state index contributed by atoms with van der Waals surface area (Å²) >= 11 is 0. The first-order valence-corrected chi connectivity index (χ1v) is 16.5. The van der Waals surface area contributed by atoms with Gasteiger partial charge >= 0.3 is 12.1 Å². The minimum atomic E-state index is -4.55. The fraction of sp³-hybridized carbons (Fsp3) is 0.857. The summed E-state index contributed by atoms with van der Waals surface area (Å²) < 4.78 is 46.5. The number of carbonyl (C=O) groups excluding carboxylic acids is 3. The normalized spacial score (nSPS) is 42.9. The number of ether oxygens (including phenoxy) is 1. The van der Waals surface area contributed by atoms with Crippen LogP contribution in [0.5, 0.6) is 0 Å². The predicted octanol–water partition coefficient (Wildman–Crippen LogP) is 7.97. The van der Waals surface area contributed by atoms with Gasteiger partial charge in [-0.05, 0) is 109 Å². The van der Waals surface area contributed by atoms with E-state index in [9.17, 15) is 27.6 Å². The summed E-state index contributed by atoms with van der Waals surface area (Å²) in [5, 5.41) is 2.29. The van der Waals surface area contributed by atoms with Crippen LogP contribution in [0.25, 0.3) is 0 Å². The van der Waals surface area contributed by atoms with Gasteiger partial charge < -0.3 is 10.1 Å². The minimum absolute atomic E-state index is 0.0233. The maximum atomic E-state index is 13.9. The summed E-state index contributed by atoms with van der Waals surface area (Å²) in [5.74, 6) is -0.240. The Labute approximate surface area is 255 Å². The molecule has 0 radical (unpaired) electrons. The molecular formula is C35H52F3NO4. The van der Waals surface area contributed by atoms with E-state index in [0.29, 0.717) is 30.3 Å². The largest absolute Gasteiger partial charge is 0.462 e. The Balaban J connectivity index is 1.55. The first-order valence-electron chi connectivity index (χ1n) is 16.5. The van der Waals surface area contributed by atoms with Gasteiger partial charge in [-0.2, -0.15) is 13.2 Å². The van der Waals surface area contributed by atoms with Gasteiger partial charge in [0.1, 0.15) is 12.1 Å². The van der Waals surface area contributed by atoms with Crippen LogP contribution in [0.4, 0.5) is 13.2 Å². The maximum absolute atomic E-state index is 13.9. The van der Waals surface area contributed by atoms with Crippen LogP contribution in [0.1, 0.15) is 120 Å². The lowest BCUT2D eigenvalue weighted by Crippen LogP contribution is -2.66. The van der Waals surface area contributed by atoms with Crippen LogP contribution in [-0.4, -0.2) is 36.0 Å². The average Bonchev–Trinajstić information content (AvgIpc) is 3.19. The number of amides is 1. The molecule has 9 atom stereocenters. The Bertz CT molecular complexity index is 1240. The molecule has 0 aliphatic heterocycles. The molecule has 43 heavy (non-hydrogen) atoms. The van der Waals surface area contributed by atoms with Gasteiger partial charge in [-0.25, -0.2) is 0 Å². The molecule has 0 aromatic heterocycles. The Morgan fingerprint density at radius 2 is 1.53 bits per heavy atom. The number of esters is 1. The highest BCUT2D eigenvalue weighted by Crippen LogP contribution is 2.76. The van der Waals surface area contributed by atoms with Crippen LogP contribution < -0.4 is 5.32 Å². The number of hydrogen-bond donors (Lipinski definition) is 1. The average molecular weight is 608 g/mol. The molecule has 4 saturated carbocycles. The van der Waals surface area contributed by atoms with Gasteiger partial charge in [-0.1, -0.05) is 48.5 Å². The number of Topliss-reactive ketones (excluding diaryl/α,β-unsaturated/α-hetero) is 1. The number of carbonyl (C=O) groups is 3. The fourth-order valence-electron chi connectivity index (χ4n) is 11.7. The van der Waals surface area contributed by atoms with E-state index in [1.165, 1.54) is 6.92 Å². The molecule has 0 bridgehead atoms. The zero-order valence-corrected chi connectivity index (χ0v) is 27.6. The van der Waals surface area contributed by atoms with Gasteiger partial charge in [0.2, 0.25) is 5.91 Å². The maximum Gasteiger partial charge on any atom is 0.408 e. The monoisotopic (exact) mass is 607 g/mol. The van der Waals surface area contributed by atoms with Crippen molar-refractivity contribution in [2.45, 2.75) is 138 Å². The zero-order chi connectivity index (χ0) is 32.1. The molecule has 4 fully saturated rings. The number of halogens is 3. The second-order valence-electron chi connectivity index (χ2n) is 16.5. The van der Waals surface area contributed by atoms with Crippen LogP contribution in [-0.2, 0) is 19.1 Å². The molecule has 5 rings (SSSR count). The zero-order valence-electron chi connectivity index (χ0n) is 27.6. The second kappa shape index (κ2) is 10.1. The molecule has 1 amide bonds. The molecule has 0 saturated heterocycles. The van der Waals surface area contributed by atoms with E-state index in [1.807, 2.05) is 13.8 Å². The summed E-state index contributed by atoms with van der Waals surface area (Å²) in [5.41, 5.74) is -0.00784. The third-order valence-electron chi connectivity index (χ3n) is 14.0. The lowest BCUT2D eigenvalue weighted by Gasteiger charge is -2.72. The molecule has 1 N–H and O–H groups in total. The molecule has 8 heteroatoms. The van der Waals surface area contributed by atoms with Crippen molar-refractivity contribution in [1.82, 2.24) is 5.32 Å². The van der Waals surface area contributed by atoms with E-state index in [1.54, 1.807) is 0 Å². The summed E-state index contributed by atoms with van der Waals surface area (Å²) in [4.78, 5) is 39.5. The Kier molecular flexibility index (Phi) is 7.62. The van der Waals surface area contributed by atoms with Crippen LogP contribution >= 0.6 is 0 Å². The summed E-state index contributed by atoms with van der Waals surface area (Å²) in [6.45, 7) is 18.2. The number of nitrogens with one attached hydrogen (secondary N) is 1. The smallest absolute Gasteiger partial charge is 0.408 e. The van der Waals surface area contributed by atoms with Crippen LogP contribution in [0.15, 0.2) is 11.1 Å². The summed E-state index contributed by atoms with van der Waals surface area (Å²) in [6, 6.07) is -1.98. The van der Waals surface area contributed by atoms with E-state index in [-0.39, 0.29) is 57.8 Å². The summed E-state index contributed by atoms with van der Waals surface area (Å²) in [7, 11) is 0. The van der Waals surface area contributed by atoms with E-state index in [0.717, 1.165) is 51.0 Å². The standard InChI is InChI=1S/C35H52F3NO4/c1-19(2)27-23(41)18-34(29(42)39-20(3)35(36,37)38)17-16-32(8)22(28(27)34)10-11-25-31(7)14-13-26(43-21(4)40)30(5,6)24(31)12-15-33(25,32)9/h19-20,22,24-26H,10-18H2,1-9H3,(H,39,42)/t20?,22-,24+,25-,26+,31+,32-,33-,34-/m1/s1. The van der Waals surface area contributed by atoms with Crippen molar-refractivity contribution < 1.29 is 32.3 Å². The van der Waals surface area contributed by atoms with Crippen molar-refractivity contribution in [1.29, 1.82) is 0 Å². The SMILES string of the molecule is CC(=O)O[C@H]1CC[C@]2(C)[C@H]3CC[C@@H]4C5=C(C(C)C)C(=O)C[C@]5(C(=O)NC(C)C(F)(F)F)CC[C@@]4(C)[C@]3(C)CC[C@H]2C1(C)C. The van der Waals surface area contributed by atoms with Gasteiger partial charge in [0, 0.05) is 18.8 Å². The minimum Gasteiger partial charge on any atom is -0.462 e. The molecule has 5 aliphatic rings. The number of hydrogen-bond acceptors (Lipinski definition) is 4. The Hall–Kier alpha value is -1.86. The van der Waals surface area contributed by atoms with Crippen molar-refractivity contribution in [3.63, 3.8) is 0 Å². The van der Waals surface area contributed by atoms with Gasteiger partial charge in [0.05, 0.1) is 5.41 Å². The number of allylic oxidation sites excluding steroid dienone is 1. The number of fused-ring (bicyclic) bond motifs is 7. The number of rotatable bonds is 4. The van der Waals surface area contributed by atoms with Crippen molar-refractivity contribution in [2.24, 2.45) is 50.7 Å². The van der Waals surface area contributed by atoms with E-state index >= 15 is 0 Å². The van der Waals surface area contributed by atoms with Crippen molar-refractivity contribution in [3.8, 4) is 0 Å². The molecule has 0 spiro atoms. The van der Waals surface area contributed by atoms with Crippen LogP contribution in [0, 0.1) is 50.7 Å². The molecule has 0 aromatic rings. The second-order valence-corrected chi connectivity index (χ2v) is 16.5. The molecule has 0 aromatic carbocycles.